The van der Waals surface area contributed by atoms with Gasteiger partial charge in [-0.1, -0.05) is 8.58 Å². The Morgan fingerprint density at radius 3 is 1.68 bits per heavy atom. The summed E-state index contributed by atoms with van der Waals surface area (Å²) in [6.07, 6.45) is 0.927. The highest BCUT2D eigenvalue weighted by atomic mass is 32.1. The van der Waals surface area contributed by atoms with E-state index in [1.807, 2.05) is 22.7 Å². The van der Waals surface area contributed by atoms with Crippen molar-refractivity contribution in [1.82, 2.24) is 0 Å². The summed E-state index contributed by atoms with van der Waals surface area (Å²) in [7, 11) is 5.09. The molecule has 1 aliphatic rings. The minimum atomic E-state index is 0.670. The average Bonchev–Trinajstić information content (AvgIpc) is 3.20. The number of hydrogen-bond acceptors (Lipinski definition) is 2. The zero-order valence-electron chi connectivity index (χ0n) is 16.5. The van der Waals surface area contributed by atoms with Gasteiger partial charge in [-0.3, -0.25) is 0 Å². The zero-order valence-corrected chi connectivity index (χ0v) is 19.2. The first-order chi connectivity index (χ1) is 13.5. The highest BCUT2D eigenvalue weighted by Gasteiger charge is 2.27. The van der Waals surface area contributed by atoms with Crippen LogP contribution in [-0.4, -0.2) is 0 Å². The second kappa shape index (κ2) is 6.88. The van der Waals surface area contributed by atoms with Crippen molar-refractivity contribution in [1.29, 1.82) is 0 Å². The molecule has 5 heteroatoms. The average molecular weight is 423 g/mol. The van der Waals surface area contributed by atoms with Crippen molar-refractivity contribution in [2.75, 3.05) is 0 Å². The molecule has 0 aliphatic carbocycles. The molecule has 5 rings (SSSR count). The highest BCUT2D eigenvalue weighted by molar-refractivity contribution is 7.58. The van der Waals surface area contributed by atoms with Gasteiger partial charge in [0.2, 0.25) is 11.4 Å². The number of nitrogens with zero attached hydrogens (tertiary/aromatic N) is 2. The van der Waals surface area contributed by atoms with Crippen molar-refractivity contribution in [3.8, 4) is 21.1 Å². The van der Waals surface area contributed by atoms with E-state index in [0.717, 1.165) is 6.42 Å². The second-order valence-electron chi connectivity index (χ2n) is 7.42. The number of fused-ring (bicyclic) bond motifs is 8. The van der Waals surface area contributed by atoms with Crippen LogP contribution in [0.4, 0.5) is 0 Å². The number of pyridine rings is 2. The molecule has 0 aromatic carbocycles. The van der Waals surface area contributed by atoms with E-state index < -0.39 is 0 Å². The summed E-state index contributed by atoms with van der Waals surface area (Å²) < 4.78 is 4.76. The van der Waals surface area contributed by atoms with Gasteiger partial charge in [-0.05, 0) is 38.1 Å². The summed E-state index contributed by atoms with van der Waals surface area (Å²) in [5, 5.41) is 2.93. The Morgan fingerprint density at radius 1 is 0.750 bits per heavy atom. The van der Waals surface area contributed by atoms with Gasteiger partial charge in [-0.2, -0.15) is 9.13 Å². The van der Waals surface area contributed by atoms with E-state index in [1.54, 1.807) is 0 Å². The molecule has 0 atom stereocenters. The van der Waals surface area contributed by atoms with Crippen molar-refractivity contribution in [2.45, 2.75) is 20.3 Å². The fraction of sp³-hybridized carbons (Fsp3) is 0.217. The Balaban J connectivity index is 1.84. The lowest BCUT2D eigenvalue weighted by molar-refractivity contribution is -0.680. The summed E-state index contributed by atoms with van der Waals surface area (Å²) in [5.41, 5.74) is 5.33. The first-order valence-electron chi connectivity index (χ1n) is 9.46. The van der Waals surface area contributed by atoms with Crippen LogP contribution in [0.25, 0.3) is 21.1 Å². The van der Waals surface area contributed by atoms with E-state index >= 15 is 0 Å². The molecule has 4 aromatic heterocycles. The van der Waals surface area contributed by atoms with Crippen LogP contribution in [0.5, 0.6) is 0 Å². The molecule has 5 heterocycles. The second-order valence-corrected chi connectivity index (χ2v) is 11.3. The normalized spacial score (nSPS) is 12.7. The number of rotatable bonds is 0. The van der Waals surface area contributed by atoms with Crippen LogP contribution < -0.4 is 19.7 Å². The van der Waals surface area contributed by atoms with Gasteiger partial charge in [0.05, 0.1) is 0 Å². The summed E-state index contributed by atoms with van der Waals surface area (Å²) in [5.74, 6) is 0. The van der Waals surface area contributed by atoms with Crippen LogP contribution in [0, 0.1) is 13.8 Å². The monoisotopic (exact) mass is 422 g/mol. The molecule has 28 heavy (non-hydrogen) atoms. The fourth-order valence-electron chi connectivity index (χ4n) is 3.99. The van der Waals surface area contributed by atoms with Gasteiger partial charge in [0.25, 0.3) is 0 Å². The predicted molar refractivity (Wildman–Crippen MR) is 122 cm³/mol. The molecule has 4 aromatic rings. The SMILES string of the molecule is Cc1cc2c(s1)-c1cccc([n+]1C)Cc1cccc([n+]1C)-c1sc(C)cc1P2. The van der Waals surface area contributed by atoms with Crippen molar-refractivity contribution in [2.24, 2.45) is 14.1 Å². The minimum absolute atomic E-state index is 0.670. The molecule has 1 aliphatic heterocycles. The Kier molecular flexibility index (Phi) is 4.46. The van der Waals surface area contributed by atoms with Gasteiger partial charge in [0.15, 0.2) is 11.4 Å². The maximum atomic E-state index is 2.39. The Morgan fingerprint density at radius 2 is 1.21 bits per heavy atom. The summed E-state index contributed by atoms with van der Waals surface area (Å²) in [4.78, 5) is 5.61. The summed E-state index contributed by atoms with van der Waals surface area (Å²) in [6, 6.07) is 18.3. The molecule has 0 saturated carbocycles. The van der Waals surface area contributed by atoms with Crippen LogP contribution >= 0.6 is 31.3 Å². The van der Waals surface area contributed by atoms with Gasteiger partial charge in [-0.25, -0.2) is 0 Å². The molecule has 0 amide bonds. The van der Waals surface area contributed by atoms with Crippen molar-refractivity contribution >= 4 is 41.9 Å². The van der Waals surface area contributed by atoms with Gasteiger partial charge in [0, 0.05) is 44.6 Å². The van der Waals surface area contributed by atoms with E-state index in [0.29, 0.717) is 8.58 Å². The first-order valence-corrected chi connectivity index (χ1v) is 12.1. The third-order valence-electron chi connectivity index (χ3n) is 5.48. The lowest BCUT2D eigenvalue weighted by Gasteiger charge is -2.10. The van der Waals surface area contributed by atoms with Crippen LogP contribution in [0.15, 0.2) is 48.5 Å². The Hall–Kier alpha value is -1.87. The number of aromatic nitrogens is 2. The van der Waals surface area contributed by atoms with Crippen molar-refractivity contribution < 1.29 is 9.13 Å². The van der Waals surface area contributed by atoms with Gasteiger partial charge in [0.1, 0.15) is 30.3 Å². The smallest absolute Gasteiger partial charge is 0.197 e. The van der Waals surface area contributed by atoms with Gasteiger partial charge >= 0.3 is 0 Å². The van der Waals surface area contributed by atoms with Crippen LogP contribution in [0.3, 0.4) is 0 Å². The quantitative estimate of drug-likeness (QED) is 0.264. The molecule has 0 N–H and O–H groups in total. The maximum Gasteiger partial charge on any atom is 0.223 e. The third kappa shape index (κ3) is 2.95. The molecule has 2 nitrogen and oxygen atoms in total. The lowest BCUT2D eigenvalue weighted by Crippen LogP contribution is -2.41. The highest BCUT2D eigenvalue weighted by Crippen LogP contribution is 2.34. The van der Waals surface area contributed by atoms with Crippen LogP contribution in [0.2, 0.25) is 0 Å². The molecule has 0 saturated heterocycles. The largest absolute Gasteiger partial charge is 0.223 e. The minimum Gasteiger partial charge on any atom is -0.197 e. The molecular formula is C23H23N2PS2+2. The van der Waals surface area contributed by atoms with E-state index in [9.17, 15) is 0 Å². The number of thiophene rings is 2. The van der Waals surface area contributed by atoms with Crippen molar-refractivity contribution in [3.63, 3.8) is 0 Å². The molecule has 4 bridgehead atoms. The lowest BCUT2D eigenvalue weighted by atomic mass is 10.1. The molecule has 0 spiro atoms. The Labute approximate surface area is 175 Å². The summed E-state index contributed by atoms with van der Waals surface area (Å²) >= 11 is 3.85. The zero-order chi connectivity index (χ0) is 19.4. The predicted octanol–water partition coefficient (Wildman–Crippen LogP) is 3.94. The third-order valence-corrected chi connectivity index (χ3v) is 9.31. The first kappa shape index (κ1) is 18.2. The Bertz CT molecular complexity index is 1130. The molecular weight excluding hydrogens is 399 g/mol. The standard InChI is InChI=1S/C23H23N2PS2/c1-14-11-20-22(27-14)18-9-5-7-16(24(18)3)13-17-8-6-10-19(25(17)4)23-21(26-20)12-15(2)28-23/h5-12,26H,13H2,1-4H3/q+2. The molecule has 140 valence electrons. The van der Waals surface area contributed by atoms with E-state index in [2.05, 4.69) is 85.6 Å². The summed E-state index contributed by atoms with van der Waals surface area (Å²) in [6.45, 7) is 4.46. The molecule has 0 fully saturated rings. The van der Waals surface area contributed by atoms with E-state index in [1.165, 1.54) is 52.9 Å². The van der Waals surface area contributed by atoms with E-state index in [4.69, 9.17) is 0 Å². The van der Waals surface area contributed by atoms with E-state index in [-0.39, 0.29) is 0 Å². The topological polar surface area (TPSA) is 7.76 Å². The fourth-order valence-corrected chi connectivity index (χ4v) is 8.12. The maximum absolute atomic E-state index is 2.39. The van der Waals surface area contributed by atoms with Crippen LogP contribution in [0.1, 0.15) is 21.1 Å². The van der Waals surface area contributed by atoms with Crippen molar-refractivity contribution in [3.05, 3.63) is 69.7 Å². The number of aryl methyl sites for hydroxylation is 2. The van der Waals surface area contributed by atoms with Gasteiger partial charge in [-0.15, -0.1) is 22.7 Å². The van der Waals surface area contributed by atoms with Gasteiger partial charge < -0.3 is 0 Å². The molecule has 0 unspecified atom stereocenters. The molecule has 0 radical (unpaired) electrons. The number of hydrogen-bond donors (Lipinski definition) is 0. The van der Waals surface area contributed by atoms with Crippen LogP contribution in [-0.2, 0) is 20.5 Å².